The number of halogens is 2. The standard InChI is InChI=1S/C28H26F2N4O2S2/c1-15-5-3-6-17(9-15)24-23(33-16(2)38-24)27(36)34-13-18-10-28(29,30)11-20(18)22(34)12-31-26(35)19-7-4-8-21-25(19)37-14-32-21/h3-9,14,18,20,22H,10-13H2,1-2H3,(H,31,35)/t18-,20-,22+/m0/s1. The predicted molar refractivity (Wildman–Crippen MR) is 145 cm³/mol. The van der Waals surface area contributed by atoms with Crippen LogP contribution < -0.4 is 5.32 Å². The van der Waals surface area contributed by atoms with Crippen molar-refractivity contribution in [2.24, 2.45) is 11.8 Å². The molecule has 4 aromatic rings. The molecule has 0 radical (unpaired) electrons. The quantitative estimate of drug-likeness (QED) is 0.332. The summed E-state index contributed by atoms with van der Waals surface area (Å²) in [7, 11) is 0. The number of thiazole rings is 2. The number of fused-ring (bicyclic) bond motifs is 2. The number of rotatable bonds is 5. The molecule has 2 fully saturated rings. The highest BCUT2D eigenvalue weighted by molar-refractivity contribution is 7.17. The third-order valence-corrected chi connectivity index (χ3v) is 9.47. The van der Waals surface area contributed by atoms with Crippen LogP contribution in [-0.4, -0.2) is 51.7 Å². The summed E-state index contributed by atoms with van der Waals surface area (Å²) in [5.74, 6) is -4.04. The van der Waals surface area contributed by atoms with E-state index in [2.05, 4.69) is 15.3 Å². The first-order valence-electron chi connectivity index (χ1n) is 12.5. The Morgan fingerprint density at radius 3 is 2.79 bits per heavy atom. The highest BCUT2D eigenvalue weighted by Crippen LogP contribution is 2.50. The molecule has 2 amide bonds. The zero-order valence-electron chi connectivity index (χ0n) is 20.9. The van der Waals surface area contributed by atoms with E-state index in [1.807, 2.05) is 44.2 Å². The first-order valence-corrected chi connectivity index (χ1v) is 14.2. The molecule has 0 spiro atoms. The van der Waals surface area contributed by atoms with Crippen molar-refractivity contribution in [3.63, 3.8) is 0 Å². The fourth-order valence-electron chi connectivity index (χ4n) is 5.94. The van der Waals surface area contributed by atoms with Crippen molar-refractivity contribution in [2.45, 2.75) is 38.7 Å². The monoisotopic (exact) mass is 552 g/mol. The average Bonchev–Trinajstić information content (AvgIpc) is 3.64. The predicted octanol–water partition coefficient (Wildman–Crippen LogP) is 5.95. The Balaban J connectivity index is 1.29. The van der Waals surface area contributed by atoms with Gasteiger partial charge in [0.05, 0.1) is 37.2 Å². The summed E-state index contributed by atoms with van der Waals surface area (Å²) in [6.45, 7) is 4.18. The number of likely N-dealkylation sites (tertiary alicyclic amines) is 1. The molecule has 1 aliphatic carbocycles. The molecule has 6 rings (SSSR count). The Labute approximate surface area is 226 Å². The van der Waals surface area contributed by atoms with Crippen LogP contribution in [0.1, 0.15) is 44.3 Å². The van der Waals surface area contributed by atoms with Gasteiger partial charge in [-0.3, -0.25) is 9.59 Å². The van der Waals surface area contributed by atoms with Crippen molar-refractivity contribution in [1.82, 2.24) is 20.2 Å². The van der Waals surface area contributed by atoms with E-state index < -0.39 is 17.9 Å². The normalized spacial score (nSPS) is 22.1. The Morgan fingerprint density at radius 2 is 1.97 bits per heavy atom. The summed E-state index contributed by atoms with van der Waals surface area (Å²) in [5.41, 5.74) is 5.24. The largest absolute Gasteiger partial charge is 0.350 e. The van der Waals surface area contributed by atoms with Gasteiger partial charge >= 0.3 is 0 Å². The van der Waals surface area contributed by atoms with Gasteiger partial charge in [0.15, 0.2) is 0 Å². The number of carbonyl (C=O) groups is 2. The highest BCUT2D eigenvalue weighted by Gasteiger charge is 2.56. The van der Waals surface area contributed by atoms with Crippen molar-refractivity contribution in [2.75, 3.05) is 13.1 Å². The van der Waals surface area contributed by atoms with Gasteiger partial charge < -0.3 is 10.2 Å². The van der Waals surface area contributed by atoms with Gasteiger partial charge in [0, 0.05) is 25.9 Å². The second-order valence-electron chi connectivity index (χ2n) is 10.2. The lowest BCUT2D eigenvalue weighted by Gasteiger charge is -2.29. The van der Waals surface area contributed by atoms with Crippen LogP contribution in [0.5, 0.6) is 0 Å². The molecule has 0 bridgehead atoms. The van der Waals surface area contributed by atoms with Crippen LogP contribution in [0.3, 0.4) is 0 Å². The lowest BCUT2D eigenvalue weighted by molar-refractivity contribution is -0.00609. The van der Waals surface area contributed by atoms with E-state index in [0.717, 1.165) is 31.2 Å². The van der Waals surface area contributed by atoms with Gasteiger partial charge in [-0.1, -0.05) is 35.9 Å². The molecule has 0 unspecified atom stereocenters. The second kappa shape index (κ2) is 9.50. The molecule has 196 valence electrons. The molecule has 3 atom stereocenters. The SMILES string of the molecule is Cc1cccc(-c2sc(C)nc2C(=O)N2C[C@@H]3CC(F)(F)C[C@@H]3[C@H]2CNC(=O)c2cccc3ncsc23)c1. The number of nitrogens with one attached hydrogen (secondary N) is 1. The number of aryl methyl sites for hydroxylation is 2. The minimum atomic E-state index is -2.76. The van der Waals surface area contributed by atoms with Crippen LogP contribution in [0.15, 0.2) is 48.0 Å². The highest BCUT2D eigenvalue weighted by atomic mass is 32.1. The van der Waals surface area contributed by atoms with E-state index in [0.29, 0.717) is 11.3 Å². The van der Waals surface area contributed by atoms with Gasteiger partial charge in [-0.05, 0) is 43.4 Å². The van der Waals surface area contributed by atoms with E-state index in [4.69, 9.17) is 0 Å². The lowest BCUT2D eigenvalue weighted by atomic mass is 9.94. The first-order chi connectivity index (χ1) is 18.2. The van der Waals surface area contributed by atoms with Crippen LogP contribution in [0, 0.1) is 25.7 Å². The van der Waals surface area contributed by atoms with Crippen LogP contribution in [0.2, 0.25) is 0 Å². The zero-order chi connectivity index (χ0) is 26.6. The molecule has 2 aromatic heterocycles. The molecule has 1 saturated heterocycles. The van der Waals surface area contributed by atoms with E-state index in [1.54, 1.807) is 22.5 Å². The molecule has 2 aliphatic rings. The molecule has 10 heteroatoms. The minimum absolute atomic E-state index is 0.0971. The van der Waals surface area contributed by atoms with Gasteiger partial charge in [-0.2, -0.15) is 0 Å². The maximum absolute atomic E-state index is 14.4. The van der Waals surface area contributed by atoms with Gasteiger partial charge in [0.1, 0.15) is 5.69 Å². The number of aromatic nitrogens is 2. The van der Waals surface area contributed by atoms with Crippen molar-refractivity contribution in [3.8, 4) is 10.4 Å². The van der Waals surface area contributed by atoms with Crippen LogP contribution >= 0.6 is 22.7 Å². The molecule has 3 heterocycles. The van der Waals surface area contributed by atoms with Crippen LogP contribution in [0.25, 0.3) is 20.7 Å². The first kappa shape index (κ1) is 25.1. The molecule has 6 nitrogen and oxygen atoms in total. The Bertz CT molecular complexity index is 1550. The number of amides is 2. The third-order valence-electron chi connectivity index (χ3n) is 7.58. The summed E-state index contributed by atoms with van der Waals surface area (Å²) >= 11 is 2.83. The average molecular weight is 553 g/mol. The smallest absolute Gasteiger partial charge is 0.274 e. The van der Waals surface area contributed by atoms with Gasteiger partial charge in [0.2, 0.25) is 5.92 Å². The Kier molecular flexibility index (Phi) is 6.26. The summed E-state index contributed by atoms with van der Waals surface area (Å²) in [6, 6.07) is 12.7. The maximum Gasteiger partial charge on any atom is 0.274 e. The number of hydrogen-bond donors (Lipinski definition) is 1. The summed E-state index contributed by atoms with van der Waals surface area (Å²) in [6.07, 6.45) is -0.528. The number of benzene rings is 2. The number of hydrogen-bond acceptors (Lipinski definition) is 6. The maximum atomic E-state index is 14.4. The summed E-state index contributed by atoms with van der Waals surface area (Å²) in [5, 5.41) is 3.70. The van der Waals surface area contributed by atoms with Gasteiger partial charge in [0.25, 0.3) is 11.8 Å². The number of nitrogens with zero attached hydrogens (tertiary/aromatic N) is 3. The van der Waals surface area contributed by atoms with Crippen molar-refractivity contribution in [3.05, 3.63) is 69.8 Å². The molecular weight excluding hydrogens is 526 g/mol. The van der Waals surface area contributed by atoms with E-state index in [1.165, 1.54) is 22.7 Å². The molecular formula is C28H26F2N4O2S2. The molecule has 2 aromatic carbocycles. The summed E-state index contributed by atoms with van der Waals surface area (Å²) in [4.78, 5) is 38.4. The summed E-state index contributed by atoms with van der Waals surface area (Å²) < 4.78 is 29.6. The van der Waals surface area contributed by atoms with E-state index in [-0.39, 0.29) is 43.7 Å². The van der Waals surface area contributed by atoms with Gasteiger partial charge in [-0.15, -0.1) is 22.7 Å². The molecule has 1 N–H and O–H groups in total. The van der Waals surface area contributed by atoms with Crippen molar-refractivity contribution < 1.29 is 18.4 Å². The molecule has 38 heavy (non-hydrogen) atoms. The topological polar surface area (TPSA) is 75.2 Å². The van der Waals surface area contributed by atoms with E-state index >= 15 is 0 Å². The van der Waals surface area contributed by atoms with Crippen molar-refractivity contribution in [1.29, 1.82) is 0 Å². The molecule has 1 saturated carbocycles. The second-order valence-corrected chi connectivity index (χ2v) is 12.3. The van der Waals surface area contributed by atoms with Crippen LogP contribution in [0.4, 0.5) is 8.78 Å². The van der Waals surface area contributed by atoms with E-state index in [9.17, 15) is 18.4 Å². The minimum Gasteiger partial charge on any atom is -0.350 e. The zero-order valence-corrected chi connectivity index (χ0v) is 22.5. The molecule has 1 aliphatic heterocycles. The Morgan fingerprint density at radius 1 is 1.16 bits per heavy atom. The fraction of sp³-hybridized carbons (Fsp3) is 0.357. The lowest BCUT2D eigenvalue weighted by Crippen LogP contribution is -2.46. The third kappa shape index (κ3) is 4.49. The van der Waals surface area contributed by atoms with Crippen molar-refractivity contribution >= 4 is 44.7 Å². The Hall–Kier alpha value is -3.24. The van der Waals surface area contributed by atoms with Crippen LogP contribution in [-0.2, 0) is 0 Å². The van der Waals surface area contributed by atoms with Gasteiger partial charge in [-0.25, -0.2) is 18.7 Å². The number of carbonyl (C=O) groups excluding carboxylic acids is 2. The fourth-order valence-corrected chi connectivity index (χ4v) is 7.65. The number of alkyl halides is 2.